The van der Waals surface area contributed by atoms with Crippen LogP contribution in [0.2, 0.25) is 0 Å². The molecular weight excluding hydrogens is 408 g/mol. The van der Waals surface area contributed by atoms with E-state index in [1.54, 1.807) is 5.57 Å². The lowest BCUT2D eigenvalue weighted by Crippen LogP contribution is -2.64. The van der Waals surface area contributed by atoms with Crippen LogP contribution in [0.25, 0.3) is 0 Å². The molecule has 8 atom stereocenters. The van der Waals surface area contributed by atoms with E-state index in [1.807, 2.05) is 0 Å². The second-order valence-electron chi connectivity index (χ2n) is 14.8. The number of hydrogen-bond donors (Lipinski definition) is 3. The molecule has 5 aliphatic rings. The smallest absolute Gasteiger partial charge is 0.0632 e. The van der Waals surface area contributed by atoms with Gasteiger partial charge in [0.1, 0.15) is 0 Å². The van der Waals surface area contributed by atoms with Crippen molar-refractivity contribution in [2.75, 3.05) is 6.61 Å². The Labute approximate surface area is 201 Å². The van der Waals surface area contributed by atoms with Crippen LogP contribution in [-0.4, -0.2) is 34.1 Å². The van der Waals surface area contributed by atoms with Gasteiger partial charge < -0.3 is 15.3 Å². The van der Waals surface area contributed by atoms with Gasteiger partial charge in [-0.05, 0) is 84.9 Å². The van der Waals surface area contributed by atoms with Crippen LogP contribution in [0, 0.1) is 44.3 Å². The molecule has 0 radical (unpaired) electrons. The topological polar surface area (TPSA) is 60.7 Å². The Morgan fingerprint density at radius 3 is 2.15 bits per heavy atom. The lowest BCUT2D eigenvalue weighted by molar-refractivity contribution is -0.162. The van der Waals surface area contributed by atoms with E-state index in [-0.39, 0.29) is 51.1 Å². The van der Waals surface area contributed by atoms with Crippen LogP contribution in [-0.2, 0) is 0 Å². The average molecular weight is 457 g/mol. The van der Waals surface area contributed by atoms with Crippen molar-refractivity contribution in [2.45, 2.75) is 112 Å². The summed E-state index contributed by atoms with van der Waals surface area (Å²) in [7, 11) is 0. The SMILES string of the molecule is CC1(C)CCC2(CO)C(O)C[C@]3(C)C(=CC=C4C5(C)CCC(O)C(C)(C)C5CCC43C)C2C1. The molecule has 3 heteroatoms. The van der Waals surface area contributed by atoms with Gasteiger partial charge in [0.2, 0.25) is 0 Å². The van der Waals surface area contributed by atoms with Gasteiger partial charge in [0.15, 0.2) is 0 Å². The zero-order valence-corrected chi connectivity index (χ0v) is 22.2. The molecule has 0 aliphatic heterocycles. The average Bonchev–Trinajstić information content (AvgIpc) is 2.71. The second-order valence-corrected chi connectivity index (χ2v) is 14.8. The molecule has 0 aromatic rings. The van der Waals surface area contributed by atoms with Gasteiger partial charge in [-0.15, -0.1) is 0 Å². The van der Waals surface area contributed by atoms with Crippen molar-refractivity contribution in [3.8, 4) is 0 Å². The van der Waals surface area contributed by atoms with Gasteiger partial charge in [0.05, 0.1) is 18.8 Å². The highest BCUT2D eigenvalue weighted by molar-refractivity contribution is 5.46. The summed E-state index contributed by atoms with van der Waals surface area (Å²) in [5, 5.41) is 33.2. The number of allylic oxidation sites excluding steroid dienone is 4. The summed E-state index contributed by atoms with van der Waals surface area (Å²) in [5.74, 6) is 0.718. The Hall–Kier alpha value is -0.640. The fourth-order valence-corrected chi connectivity index (χ4v) is 10.0. The molecule has 0 bridgehead atoms. The van der Waals surface area contributed by atoms with Gasteiger partial charge in [-0.1, -0.05) is 71.8 Å². The van der Waals surface area contributed by atoms with Crippen LogP contribution in [0.1, 0.15) is 99.8 Å². The fraction of sp³-hybridized carbons (Fsp3) is 0.867. The van der Waals surface area contributed by atoms with Crippen LogP contribution in [0.5, 0.6) is 0 Å². The first-order valence-electron chi connectivity index (χ1n) is 13.6. The van der Waals surface area contributed by atoms with E-state index in [0.29, 0.717) is 5.92 Å². The van der Waals surface area contributed by atoms with Crippen molar-refractivity contribution in [3.63, 3.8) is 0 Å². The highest BCUT2D eigenvalue weighted by Crippen LogP contribution is 2.74. The quantitative estimate of drug-likeness (QED) is 0.451. The molecule has 0 aromatic carbocycles. The summed E-state index contributed by atoms with van der Waals surface area (Å²) in [5.41, 5.74) is 2.83. The summed E-state index contributed by atoms with van der Waals surface area (Å²) in [6.07, 6.45) is 12.2. The van der Waals surface area contributed by atoms with E-state index in [9.17, 15) is 15.3 Å². The fourth-order valence-electron chi connectivity index (χ4n) is 10.0. The first-order valence-corrected chi connectivity index (χ1v) is 13.6. The van der Waals surface area contributed by atoms with Crippen molar-refractivity contribution in [2.24, 2.45) is 44.3 Å². The molecule has 0 amide bonds. The van der Waals surface area contributed by atoms with Gasteiger partial charge in [-0.3, -0.25) is 0 Å². The van der Waals surface area contributed by atoms with E-state index in [2.05, 4.69) is 60.6 Å². The van der Waals surface area contributed by atoms with Crippen molar-refractivity contribution >= 4 is 0 Å². The van der Waals surface area contributed by atoms with Crippen LogP contribution in [0.3, 0.4) is 0 Å². The Balaban J connectivity index is 1.66. The zero-order valence-electron chi connectivity index (χ0n) is 22.2. The standard InChI is InChI=1S/C30H48O3/c1-25(2)14-15-30(18-31)20(16-25)19-8-9-22-27(5)12-11-23(32)26(3,4)21(27)10-13-28(22,6)29(19,7)17-24(30)33/h8-9,20-21,23-24,31-33H,10-18H2,1-7H3/t20?,21?,23?,24?,27?,28?,29-,30?/m1/s1. The highest BCUT2D eigenvalue weighted by Gasteiger charge is 2.67. The maximum atomic E-state index is 11.7. The number of fused-ring (bicyclic) bond motifs is 7. The molecule has 4 saturated carbocycles. The van der Waals surface area contributed by atoms with E-state index in [4.69, 9.17) is 0 Å². The van der Waals surface area contributed by atoms with Crippen molar-refractivity contribution in [1.82, 2.24) is 0 Å². The van der Waals surface area contributed by atoms with Crippen molar-refractivity contribution < 1.29 is 15.3 Å². The van der Waals surface area contributed by atoms with Crippen LogP contribution >= 0.6 is 0 Å². The molecule has 3 N–H and O–H groups in total. The summed E-state index contributed by atoms with van der Waals surface area (Å²) in [6.45, 7) is 16.8. The first kappa shape index (κ1) is 24.1. The summed E-state index contributed by atoms with van der Waals surface area (Å²) < 4.78 is 0. The maximum Gasteiger partial charge on any atom is 0.0632 e. The van der Waals surface area contributed by atoms with Gasteiger partial charge in [-0.2, -0.15) is 0 Å². The lowest BCUT2D eigenvalue weighted by atomic mass is 9.35. The van der Waals surface area contributed by atoms with Gasteiger partial charge in [0.25, 0.3) is 0 Å². The molecule has 0 spiro atoms. The molecule has 0 saturated heterocycles. The summed E-state index contributed by atoms with van der Waals surface area (Å²) in [4.78, 5) is 0. The van der Waals surface area contributed by atoms with E-state index in [1.165, 1.54) is 5.57 Å². The Morgan fingerprint density at radius 2 is 1.48 bits per heavy atom. The predicted molar refractivity (Wildman–Crippen MR) is 133 cm³/mol. The molecule has 186 valence electrons. The van der Waals surface area contributed by atoms with E-state index in [0.717, 1.165) is 51.4 Å². The molecule has 5 rings (SSSR count). The number of aliphatic hydroxyl groups is 3. The molecule has 7 unspecified atom stereocenters. The summed E-state index contributed by atoms with van der Waals surface area (Å²) in [6, 6.07) is 0. The zero-order chi connectivity index (χ0) is 24.2. The molecule has 4 fully saturated rings. The minimum absolute atomic E-state index is 0.00485. The van der Waals surface area contributed by atoms with Crippen LogP contribution < -0.4 is 0 Å². The number of rotatable bonds is 1. The largest absolute Gasteiger partial charge is 0.396 e. The predicted octanol–water partition coefficient (Wildman–Crippen LogP) is 6.03. The van der Waals surface area contributed by atoms with E-state index >= 15 is 0 Å². The number of aliphatic hydroxyl groups excluding tert-OH is 3. The molecule has 0 heterocycles. The normalized spacial score (nSPS) is 52.4. The minimum Gasteiger partial charge on any atom is -0.396 e. The lowest BCUT2D eigenvalue weighted by Gasteiger charge is -2.69. The summed E-state index contributed by atoms with van der Waals surface area (Å²) >= 11 is 0. The molecule has 5 aliphatic carbocycles. The molecule has 33 heavy (non-hydrogen) atoms. The van der Waals surface area contributed by atoms with Gasteiger partial charge >= 0.3 is 0 Å². The van der Waals surface area contributed by atoms with Crippen LogP contribution in [0.4, 0.5) is 0 Å². The Morgan fingerprint density at radius 1 is 0.788 bits per heavy atom. The third kappa shape index (κ3) is 2.85. The van der Waals surface area contributed by atoms with Crippen LogP contribution in [0.15, 0.2) is 23.3 Å². The van der Waals surface area contributed by atoms with Gasteiger partial charge in [0, 0.05) is 10.8 Å². The third-order valence-corrected chi connectivity index (χ3v) is 12.5. The first-order chi connectivity index (χ1) is 15.2. The molecule has 3 nitrogen and oxygen atoms in total. The third-order valence-electron chi connectivity index (χ3n) is 12.5. The number of hydrogen-bond acceptors (Lipinski definition) is 3. The Kier molecular flexibility index (Phi) is 5.09. The Bertz CT molecular complexity index is 898. The molecule has 0 aromatic heterocycles. The molecular formula is C30H48O3. The maximum absolute atomic E-state index is 11.7. The minimum atomic E-state index is -0.461. The van der Waals surface area contributed by atoms with Crippen molar-refractivity contribution in [3.05, 3.63) is 23.3 Å². The highest BCUT2D eigenvalue weighted by atomic mass is 16.3. The van der Waals surface area contributed by atoms with Gasteiger partial charge in [-0.25, -0.2) is 0 Å². The van der Waals surface area contributed by atoms with E-state index < -0.39 is 6.10 Å². The second kappa shape index (κ2) is 6.98. The van der Waals surface area contributed by atoms with Crippen molar-refractivity contribution in [1.29, 1.82) is 0 Å². The monoisotopic (exact) mass is 456 g/mol.